The molecule has 0 amide bonds. The average molecular weight is 216 g/mol. The van der Waals surface area contributed by atoms with Gasteiger partial charge in [0.15, 0.2) is 5.69 Å². The zero-order valence-electron chi connectivity index (χ0n) is 8.93. The summed E-state index contributed by atoms with van der Waals surface area (Å²) in [6.45, 7) is 2.05. The number of H-pyrrole nitrogens is 1. The number of benzene rings is 1. The largest absolute Gasteiger partial charge is 0.456 e. The summed E-state index contributed by atoms with van der Waals surface area (Å²) in [6, 6.07) is 9.55. The highest BCUT2D eigenvalue weighted by atomic mass is 16.5. The topological polar surface area (TPSA) is 55.0 Å². The van der Waals surface area contributed by atoms with Gasteiger partial charge in [0.05, 0.1) is 6.33 Å². The Morgan fingerprint density at radius 3 is 2.75 bits per heavy atom. The van der Waals surface area contributed by atoms with E-state index in [0.717, 1.165) is 11.3 Å². The molecule has 16 heavy (non-hydrogen) atoms. The number of aromatic nitrogens is 2. The fourth-order valence-electron chi connectivity index (χ4n) is 1.36. The van der Waals surface area contributed by atoms with Crippen LogP contribution >= 0.6 is 0 Å². The van der Waals surface area contributed by atoms with E-state index < -0.39 is 5.97 Å². The Hall–Kier alpha value is -2.10. The molecule has 4 heteroatoms. The van der Waals surface area contributed by atoms with E-state index in [4.69, 9.17) is 4.74 Å². The van der Waals surface area contributed by atoms with Gasteiger partial charge in [0.2, 0.25) is 0 Å². The summed E-state index contributed by atoms with van der Waals surface area (Å²) in [5.74, 6) is -0.400. The van der Waals surface area contributed by atoms with Gasteiger partial charge in [-0.1, -0.05) is 30.3 Å². The molecule has 0 fully saturated rings. The van der Waals surface area contributed by atoms with Gasteiger partial charge in [0.25, 0.3) is 0 Å². The lowest BCUT2D eigenvalue weighted by molar-refractivity contribution is 0.0465. The molecular formula is C12H12N2O2. The molecule has 2 aromatic rings. The number of aryl methyl sites for hydroxylation is 1. The van der Waals surface area contributed by atoms with Gasteiger partial charge in [-0.05, 0) is 12.5 Å². The monoisotopic (exact) mass is 216 g/mol. The zero-order valence-corrected chi connectivity index (χ0v) is 8.93. The molecule has 1 heterocycles. The van der Waals surface area contributed by atoms with E-state index in [1.54, 1.807) is 6.92 Å². The maximum Gasteiger partial charge on any atom is 0.359 e. The van der Waals surface area contributed by atoms with Crippen LogP contribution in [0.15, 0.2) is 36.7 Å². The Bertz CT molecular complexity index is 477. The number of aromatic amines is 1. The van der Waals surface area contributed by atoms with Crippen LogP contribution in [-0.2, 0) is 11.3 Å². The van der Waals surface area contributed by atoms with Gasteiger partial charge in [0.1, 0.15) is 6.61 Å². The minimum atomic E-state index is -0.400. The molecule has 0 unspecified atom stereocenters. The fourth-order valence-corrected chi connectivity index (χ4v) is 1.36. The molecule has 0 atom stereocenters. The van der Waals surface area contributed by atoms with Crippen molar-refractivity contribution in [2.24, 2.45) is 0 Å². The predicted octanol–water partition coefficient (Wildman–Crippen LogP) is 2.08. The SMILES string of the molecule is Cc1[nH]cnc1C(=O)OCc1ccccc1. The first-order valence-electron chi connectivity index (χ1n) is 4.98. The van der Waals surface area contributed by atoms with Gasteiger partial charge in [-0.3, -0.25) is 0 Å². The summed E-state index contributed by atoms with van der Waals surface area (Å²) in [6.07, 6.45) is 1.48. The Morgan fingerprint density at radius 1 is 1.38 bits per heavy atom. The van der Waals surface area contributed by atoms with Crippen molar-refractivity contribution < 1.29 is 9.53 Å². The van der Waals surface area contributed by atoms with Gasteiger partial charge >= 0.3 is 5.97 Å². The first-order chi connectivity index (χ1) is 7.77. The molecule has 0 spiro atoms. The number of imidazole rings is 1. The van der Waals surface area contributed by atoms with Crippen molar-refractivity contribution >= 4 is 5.97 Å². The van der Waals surface area contributed by atoms with Gasteiger partial charge in [-0.2, -0.15) is 0 Å². The summed E-state index contributed by atoms with van der Waals surface area (Å²) in [7, 11) is 0. The number of esters is 1. The molecular weight excluding hydrogens is 204 g/mol. The van der Waals surface area contributed by atoms with Crippen LogP contribution in [-0.4, -0.2) is 15.9 Å². The minimum Gasteiger partial charge on any atom is -0.456 e. The van der Waals surface area contributed by atoms with Gasteiger partial charge in [0, 0.05) is 5.69 Å². The van der Waals surface area contributed by atoms with Crippen LogP contribution < -0.4 is 0 Å². The Labute approximate surface area is 93.3 Å². The van der Waals surface area contributed by atoms with Gasteiger partial charge in [-0.25, -0.2) is 9.78 Å². The molecule has 82 valence electrons. The molecule has 2 rings (SSSR count). The number of nitrogens with one attached hydrogen (secondary N) is 1. The molecule has 4 nitrogen and oxygen atoms in total. The second-order valence-electron chi connectivity index (χ2n) is 3.44. The summed E-state index contributed by atoms with van der Waals surface area (Å²) >= 11 is 0. The molecule has 0 saturated carbocycles. The van der Waals surface area contributed by atoms with E-state index >= 15 is 0 Å². The third-order valence-electron chi connectivity index (χ3n) is 2.24. The van der Waals surface area contributed by atoms with Crippen molar-refractivity contribution in [3.8, 4) is 0 Å². The molecule has 0 radical (unpaired) electrons. The molecule has 0 aliphatic rings. The lowest BCUT2D eigenvalue weighted by atomic mass is 10.2. The van der Waals surface area contributed by atoms with Crippen LogP contribution in [0.5, 0.6) is 0 Å². The standard InChI is InChI=1S/C12H12N2O2/c1-9-11(14-8-13-9)12(15)16-7-10-5-3-2-4-6-10/h2-6,8H,7H2,1H3,(H,13,14). The summed E-state index contributed by atoms with van der Waals surface area (Å²) in [5, 5.41) is 0. The van der Waals surface area contributed by atoms with Crippen LogP contribution in [0.4, 0.5) is 0 Å². The molecule has 1 aromatic heterocycles. The summed E-state index contributed by atoms with van der Waals surface area (Å²) in [4.78, 5) is 18.3. The first-order valence-corrected chi connectivity index (χ1v) is 4.98. The van der Waals surface area contributed by atoms with Gasteiger partial charge in [-0.15, -0.1) is 0 Å². The zero-order chi connectivity index (χ0) is 11.4. The van der Waals surface area contributed by atoms with E-state index in [9.17, 15) is 4.79 Å². The lowest BCUT2D eigenvalue weighted by Gasteiger charge is -2.03. The average Bonchev–Trinajstić information content (AvgIpc) is 2.74. The van der Waals surface area contributed by atoms with E-state index in [2.05, 4.69) is 9.97 Å². The van der Waals surface area contributed by atoms with Crippen molar-refractivity contribution in [2.45, 2.75) is 13.5 Å². The van der Waals surface area contributed by atoms with E-state index in [1.807, 2.05) is 30.3 Å². The van der Waals surface area contributed by atoms with Crippen molar-refractivity contribution in [2.75, 3.05) is 0 Å². The van der Waals surface area contributed by atoms with Crippen molar-refractivity contribution in [3.05, 3.63) is 53.6 Å². The number of carbonyl (C=O) groups is 1. The maximum atomic E-state index is 11.6. The van der Waals surface area contributed by atoms with Crippen LogP contribution in [0.1, 0.15) is 21.7 Å². The Balaban J connectivity index is 1.97. The normalized spacial score (nSPS) is 10.1. The second-order valence-corrected chi connectivity index (χ2v) is 3.44. The molecule has 0 bridgehead atoms. The minimum absolute atomic E-state index is 0.270. The lowest BCUT2D eigenvalue weighted by Crippen LogP contribution is -2.07. The number of rotatable bonds is 3. The highest BCUT2D eigenvalue weighted by molar-refractivity contribution is 5.88. The van der Waals surface area contributed by atoms with Crippen LogP contribution in [0, 0.1) is 6.92 Å². The molecule has 1 aromatic carbocycles. The molecule has 0 aliphatic heterocycles. The van der Waals surface area contributed by atoms with E-state index in [-0.39, 0.29) is 6.61 Å². The molecule has 0 aliphatic carbocycles. The Kier molecular flexibility index (Phi) is 3.00. The molecule has 0 saturated heterocycles. The number of hydrogen-bond donors (Lipinski definition) is 1. The van der Waals surface area contributed by atoms with Crippen molar-refractivity contribution in [3.63, 3.8) is 0 Å². The third kappa shape index (κ3) is 2.28. The summed E-state index contributed by atoms with van der Waals surface area (Å²) in [5.41, 5.74) is 2.03. The number of ether oxygens (including phenoxy) is 1. The third-order valence-corrected chi connectivity index (χ3v) is 2.24. The summed E-state index contributed by atoms with van der Waals surface area (Å²) < 4.78 is 5.13. The highest BCUT2D eigenvalue weighted by Crippen LogP contribution is 2.06. The highest BCUT2D eigenvalue weighted by Gasteiger charge is 2.12. The van der Waals surface area contributed by atoms with Crippen molar-refractivity contribution in [1.82, 2.24) is 9.97 Å². The smallest absolute Gasteiger partial charge is 0.359 e. The van der Waals surface area contributed by atoms with Crippen LogP contribution in [0.3, 0.4) is 0 Å². The first kappa shape index (κ1) is 10.4. The number of nitrogens with zero attached hydrogens (tertiary/aromatic N) is 1. The quantitative estimate of drug-likeness (QED) is 0.799. The predicted molar refractivity (Wildman–Crippen MR) is 58.9 cm³/mol. The van der Waals surface area contributed by atoms with E-state index in [1.165, 1.54) is 6.33 Å². The Morgan fingerprint density at radius 2 is 2.12 bits per heavy atom. The van der Waals surface area contributed by atoms with Gasteiger partial charge < -0.3 is 9.72 Å². The van der Waals surface area contributed by atoms with Crippen molar-refractivity contribution in [1.29, 1.82) is 0 Å². The fraction of sp³-hybridized carbons (Fsp3) is 0.167. The molecule has 1 N–H and O–H groups in total. The van der Waals surface area contributed by atoms with Crippen LogP contribution in [0.25, 0.3) is 0 Å². The maximum absolute atomic E-state index is 11.6. The number of carbonyl (C=O) groups excluding carboxylic acids is 1. The number of hydrogen-bond acceptors (Lipinski definition) is 3. The van der Waals surface area contributed by atoms with E-state index in [0.29, 0.717) is 5.69 Å². The second kappa shape index (κ2) is 4.61. The van der Waals surface area contributed by atoms with Crippen LogP contribution in [0.2, 0.25) is 0 Å².